The number of hydrogen-bond donors (Lipinski definition) is 2. The Balaban J connectivity index is 1.62. The maximum atomic E-state index is 14.3. The van der Waals surface area contributed by atoms with Gasteiger partial charge in [0.25, 0.3) is 0 Å². The largest absolute Gasteiger partial charge is 0.367 e. The highest BCUT2D eigenvalue weighted by atomic mass is 19.1. The Bertz CT molecular complexity index is 853. The molecule has 4 rings (SSSR count). The quantitative estimate of drug-likeness (QED) is 0.775. The molecule has 3 aromatic rings. The molecule has 24 heavy (non-hydrogen) atoms. The lowest BCUT2D eigenvalue weighted by Crippen LogP contribution is -2.44. The topological polar surface area (TPSA) is 60.1 Å². The maximum Gasteiger partial charge on any atom is 0.146 e. The number of H-pyrrole nitrogens is 1. The van der Waals surface area contributed by atoms with Crippen molar-refractivity contribution in [2.45, 2.75) is 0 Å². The van der Waals surface area contributed by atoms with E-state index in [4.69, 9.17) is 0 Å². The van der Waals surface area contributed by atoms with Crippen LogP contribution in [0, 0.1) is 5.82 Å². The normalized spacial score (nSPS) is 15.8. The molecule has 1 aromatic carbocycles. The first-order chi connectivity index (χ1) is 11.7. The van der Waals surface area contributed by atoms with Crippen LogP contribution in [0.1, 0.15) is 0 Å². The molecule has 6 nitrogen and oxygen atoms in total. The number of halogens is 1. The molecule has 0 saturated carbocycles. The van der Waals surface area contributed by atoms with Gasteiger partial charge >= 0.3 is 0 Å². The zero-order valence-corrected chi connectivity index (χ0v) is 13.5. The average Bonchev–Trinajstić information content (AvgIpc) is 3.07. The van der Waals surface area contributed by atoms with Gasteiger partial charge in [-0.15, -0.1) is 0 Å². The lowest BCUT2D eigenvalue weighted by molar-refractivity contribution is 0.311. The van der Waals surface area contributed by atoms with Crippen molar-refractivity contribution in [2.24, 2.45) is 0 Å². The summed E-state index contributed by atoms with van der Waals surface area (Å²) in [7, 11) is 2.09. The van der Waals surface area contributed by atoms with Crippen LogP contribution in [-0.4, -0.2) is 53.1 Å². The van der Waals surface area contributed by atoms with Crippen LogP contribution in [0.25, 0.3) is 11.0 Å². The summed E-state index contributed by atoms with van der Waals surface area (Å²) >= 11 is 0. The van der Waals surface area contributed by atoms with Crippen LogP contribution in [0.15, 0.2) is 36.8 Å². The molecule has 1 aliphatic heterocycles. The van der Waals surface area contributed by atoms with Gasteiger partial charge in [0.1, 0.15) is 23.6 Å². The van der Waals surface area contributed by atoms with Gasteiger partial charge in [0.15, 0.2) is 0 Å². The van der Waals surface area contributed by atoms with E-state index in [0.717, 1.165) is 42.9 Å². The first kappa shape index (κ1) is 14.9. The molecule has 0 bridgehead atoms. The molecule has 0 atom stereocenters. The number of aromatic amines is 1. The first-order valence-electron chi connectivity index (χ1n) is 7.99. The Hall–Kier alpha value is -2.67. The van der Waals surface area contributed by atoms with Gasteiger partial charge in [-0.3, -0.25) is 0 Å². The summed E-state index contributed by atoms with van der Waals surface area (Å²) in [6.07, 6.45) is 3.33. The molecule has 7 heteroatoms. The van der Waals surface area contributed by atoms with E-state index in [1.54, 1.807) is 6.07 Å². The molecular weight excluding hydrogens is 307 g/mol. The molecule has 1 aliphatic rings. The second-order valence-electron chi connectivity index (χ2n) is 6.04. The second kappa shape index (κ2) is 6.09. The lowest BCUT2D eigenvalue weighted by Gasteiger charge is -2.34. The SMILES string of the molecule is CN1CCN(c2cc(Nc3ncnc4[nH]ccc34)ccc2F)CC1. The lowest BCUT2D eigenvalue weighted by atomic mass is 10.2. The number of nitrogens with zero attached hydrogens (tertiary/aromatic N) is 4. The number of piperazine rings is 1. The summed E-state index contributed by atoms with van der Waals surface area (Å²) in [4.78, 5) is 15.9. The number of hydrogen-bond acceptors (Lipinski definition) is 5. The molecule has 0 amide bonds. The fourth-order valence-corrected chi connectivity index (χ4v) is 2.99. The molecule has 0 aliphatic carbocycles. The van der Waals surface area contributed by atoms with E-state index < -0.39 is 0 Å². The van der Waals surface area contributed by atoms with Crippen molar-refractivity contribution in [1.82, 2.24) is 19.9 Å². The fraction of sp³-hybridized carbons (Fsp3) is 0.294. The van der Waals surface area contributed by atoms with Crippen molar-refractivity contribution >= 4 is 28.2 Å². The Morgan fingerprint density at radius 2 is 1.96 bits per heavy atom. The summed E-state index contributed by atoms with van der Waals surface area (Å²) in [5.74, 6) is 0.511. The predicted molar refractivity (Wildman–Crippen MR) is 93.3 cm³/mol. The molecule has 1 fully saturated rings. The van der Waals surface area contributed by atoms with Crippen molar-refractivity contribution in [3.8, 4) is 0 Å². The van der Waals surface area contributed by atoms with E-state index in [-0.39, 0.29) is 5.82 Å². The summed E-state index contributed by atoms with van der Waals surface area (Å²) in [6, 6.07) is 7.00. The van der Waals surface area contributed by atoms with E-state index in [0.29, 0.717) is 11.5 Å². The van der Waals surface area contributed by atoms with Crippen molar-refractivity contribution in [1.29, 1.82) is 0 Å². The Morgan fingerprint density at radius 1 is 1.12 bits per heavy atom. The number of nitrogens with one attached hydrogen (secondary N) is 2. The van der Waals surface area contributed by atoms with Crippen LogP contribution in [0.2, 0.25) is 0 Å². The van der Waals surface area contributed by atoms with E-state index in [1.165, 1.54) is 12.4 Å². The summed E-state index contributed by atoms with van der Waals surface area (Å²) < 4.78 is 14.3. The minimum atomic E-state index is -0.195. The Kier molecular flexibility index (Phi) is 3.78. The van der Waals surface area contributed by atoms with Crippen molar-refractivity contribution in [3.05, 3.63) is 42.6 Å². The third kappa shape index (κ3) is 2.78. The number of anilines is 3. The van der Waals surface area contributed by atoms with Crippen LogP contribution in [-0.2, 0) is 0 Å². The van der Waals surface area contributed by atoms with Crippen LogP contribution in [0.3, 0.4) is 0 Å². The van der Waals surface area contributed by atoms with E-state index in [9.17, 15) is 4.39 Å². The number of aromatic nitrogens is 3. The third-order valence-electron chi connectivity index (χ3n) is 4.41. The molecule has 2 aromatic heterocycles. The number of fused-ring (bicyclic) bond motifs is 1. The van der Waals surface area contributed by atoms with Crippen molar-refractivity contribution < 1.29 is 4.39 Å². The highest BCUT2D eigenvalue weighted by Gasteiger charge is 2.18. The third-order valence-corrected chi connectivity index (χ3v) is 4.41. The highest BCUT2D eigenvalue weighted by molar-refractivity contribution is 5.88. The second-order valence-corrected chi connectivity index (χ2v) is 6.04. The maximum absolute atomic E-state index is 14.3. The molecule has 0 unspecified atom stereocenters. The molecule has 0 spiro atoms. The number of likely N-dealkylation sites (N-methyl/N-ethyl adjacent to an activating group) is 1. The molecule has 2 N–H and O–H groups in total. The monoisotopic (exact) mass is 326 g/mol. The van der Waals surface area contributed by atoms with Gasteiger partial charge in [-0.05, 0) is 31.3 Å². The molecule has 124 valence electrons. The summed E-state index contributed by atoms with van der Waals surface area (Å²) in [6.45, 7) is 3.53. The first-order valence-corrected chi connectivity index (χ1v) is 7.99. The van der Waals surface area contributed by atoms with Gasteiger partial charge in [-0.1, -0.05) is 0 Å². The fourth-order valence-electron chi connectivity index (χ4n) is 2.99. The van der Waals surface area contributed by atoms with Crippen LogP contribution < -0.4 is 10.2 Å². The molecular formula is C17H19FN6. The van der Waals surface area contributed by atoms with E-state index in [2.05, 4.69) is 37.1 Å². The smallest absolute Gasteiger partial charge is 0.146 e. The minimum absolute atomic E-state index is 0.195. The number of rotatable bonds is 3. The van der Waals surface area contributed by atoms with Crippen LogP contribution in [0.5, 0.6) is 0 Å². The van der Waals surface area contributed by atoms with Crippen LogP contribution >= 0.6 is 0 Å². The van der Waals surface area contributed by atoms with Gasteiger partial charge in [0, 0.05) is 38.1 Å². The van der Waals surface area contributed by atoms with Crippen molar-refractivity contribution in [2.75, 3.05) is 43.4 Å². The summed E-state index contributed by atoms with van der Waals surface area (Å²) in [5.41, 5.74) is 2.22. The van der Waals surface area contributed by atoms with Gasteiger partial charge in [0.2, 0.25) is 0 Å². The van der Waals surface area contributed by atoms with E-state index >= 15 is 0 Å². The molecule has 3 heterocycles. The van der Waals surface area contributed by atoms with Crippen LogP contribution in [0.4, 0.5) is 21.6 Å². The number of benzene rings is 1. The predicted octanol–water partition coefficient (Wildman–Crippen LogP) is 2.59. The molecule has 1 saturated heterocycles. The highest BCUT2D eigenvalue weighted by Crippen LogP contribution is 2.28. The van der Waals surface area contributed by atoms with Gasteiger partial charge < -0.3 is 20.1 Å². The zero-order chi connectivity index (χ0) is 16.5. The van der Waals surface area contributed by atoms with Crippen molar-refractivity contribution in [3.63, 3.8) is 0 Å². The zero-order valence-electron chi connectivity index (χ0n) is 13.5. The van der Waals surface area contributed by atoms with Gasteiger partial charge in [-0.2, -0.15) is 0 Å². The summed E-state index contributed by atoms with van der Waals surface area (Å²) in [5, 5.41) is 4.18. The van der Waals surface area contributed by atoms with Gasteiger partial charge in [0.05, 0.1) is 11.1 Å². The standard InChI is InChI=1S/C17H19FN6/c1-23-6-8-24(9-7-23)15-10-12(2-3-14(15)18)22-17-13-4-5-19-16(13)20-11-21-17/h2-5,10-11H,6-9H2,1H3,(H2,19,20,21,22). The Morgan fingerprint density at radius 3 is 2.79 bits per heavy atom. The van der Waals surface area contributed by atoms with Gasteiger partial charge in [-0.25, -0.2) is 14.4 Å². The minimum Gasteiger partial charge on any atom is -0.367 e. The Labute approximate surface area is 139 Å². The van der Waals surface area contributed by atoms with E-state index in [1.807, 2.05) is 18.3 Å². The average molecular weight is 326 g/mol. The molecule has 0 radical (unpaired) electrons.